The Morgan fingerprint density at radius 2 is 1.60 bits per heavy atom. The lowest BCUT2D eigenvalue weighted by Gasteiger charge is -2.36. The highest BCUT2D eigenvalue weighted by atomic mass is 32.2. The first-order valence-electron chi connectivity index (χ1n) is 17.2. The fraction of sp³-hybridized carbons (Fsp3) is 0.250. The number of carbonyl (C=O) groups is 1. The Morgan fingerprint density at radius 3 is 2.29 bits per heavy atom. The summed E-state index contributed by atoms with van der Waals surface area (Å²) >= 11 is 0. The summed E-state index contributed by atoms with van der Waals surface area (Å²) in [6.07, 6.45) is 5.18. The van der Waals surface area contributed by atoms with Crippen LogP contribution in [0.2, 0.25) is 0 Å². The predicted octanol–water partition coefficient (Wildman–Crippen LogP) is 6.98. The third-order valence-corrected chi connectivity index (χ3v) is 11.3. The minimum atomic E-state index is -4.34. The molecular weight excluding hydrogens is 679 g/mol. The van der Waals surface area contributed by atoms with Gasteiger partial charge in [0.2, 0.25) is 0 Å². The van der Waals surface area contributed by atoms with E-state index in [9.17, 15) is 18.5 Å². The molecule has 0 bridgehead atoms. The van der Waals surface area contributed by atoms with Crippen LogP contribution in [0.3, 0.4) is 0 Å². The summed E-state index contributed by atoms with van der Waals surface area (Å²) in [5.74, 6) is 0.102. The number of aromatic nitrogens is 1. The number of H-pyrrole nitrogens is 1. The molecule has 52 heavy (non-hydrogen) atoms. The Hall–Kier alpha value is -5.77. The molecule has 1 amide bonds. The van der Waals surface area contributed by atoms with Crippen LogP contribution < -0.4 is 18.7 Å². The average Bonchev–Trinajstić information content (AvgIpc) is 3.80. The minimum Gasteiger partial charge on any atom is -0.497 e. The van der Waals surface area contributed by atoms with Crippen molar-refractivity contribution in [1.82, 2.24) is 9.88 Å². The molecule has 7 rings (SSSR count). The fourth-order valence-electron chi connectivity index (χ4n) is 6.70. The fourth-order valence-corrected chi connectivity index (χ4v) is 8.10. The number of nitrogens with one attached hydrogen (secondary N) is 1. The number of benzene rings is 4. The van der Waals surface area contributed by atoms with E-state index >= 15 is 0 Å². The molecular formula is C40H39N5O6S. The zero-order valence-electron chi connectivity index (χ0n) is 29.0. The summed E-state index contributed by atoms with van der Waals surface area (Å²) in [7, 11) is -1.34. The number of amides is 1. The maximum atomic E-state index is 14.1. The number of carbonyl (C=O) groups excluding carboxylic acids is 1. The number of hydrogen-bond donors (Lipinski definition) is 1. The number of aryl methyl sites for hydroxylation is 1. The maximum absolute atomic E-state index is 14.1. The van der Waals surface area contributed by atoms with Crippen LogP contribution >= 0.6 is 0 Å². The van der Waals surface area contributed by atoms with Crippen molar-refractivity contribution in [3.63, 3.8) is 0 Å². The number of fused-ring (bicyclic) bond motifs is 2. The van der Waals surface area contributed by atoms with E-state index in [1.807, 2.05) is 36.4 Å². The second kappa shape index (κ2) is 14.8. The Kier molecular flexibility index (Phi) is 9.89. The van der Waals surface area contributed by atoms with Crippen molar-refractivity contribution in [2.45, 2.75) is 24.2 Å². The monoisotopic (exact) mass is 717 g/mol. The molecule has 0 unspecified atom stereocenters. The quantitative estimate of drug-likeness (QED) is 0.133. The van der Waals surface area contributed by atoms with E-state index < -0.39 is 15.9 Å². The number of aromatic amines is 1. The van der Waals surface area contributed by atoms with Crippen LogP contribution in [0.1, 0.15) is 34.5 Å². The normalized spacial score (nSPS) is 13.7. The van der Waals surface area contributed by atoms with Crippen molar-refractivity contribution in [1.29, 1.82) is 5.26 Å². The highest BCUT2D eigenvalue weighted by Gasteiger charge is 2.34. The molecule has 0 spiro atoms. The first-order chi connectivity index (χ1) is 25.3. The van der Waals surface area contributed by atoms with Crippen LogP contribution in [-0.2, 0) is 16.4 Å². The van der Waals surface area contributed by atoms with Gasteiger partial charge in [-0.1, -0.05) is 0 Å². The maximum Gasteiger partial charge on any atom is 0.308 e. The molecule has 1 N–H and O–H groups in total. The smallest absolute Gasteiger partial charge is 0.308 e. The molecule has 1 saturated heterocycles. The number of hydrogen-bond acceptors (Lipinski definition) is 9. The van der Waals surface area contributed by atoms with Crippen molar-refractivity contribution in [2.24, 2.45) is 0 Å². The van der Waals surface area contributed by atoms with Crippen molar-refractivity contribution in [2.75, 3.05) is 56.1 Å². The van der Waals surface area contributed by atoms with E-state index in [0.717, 1.165) is 72.9 Å². The molecule has 4 aromatic carbocycles. The van der Waals surface area contributed by atoms with Crippen LogP contribution in [0.25, 0.3) is 21.9 Å². The van der Waals surface area contributed by atoms with Gasteiger partial charge in [0.15, 0.2) is 5.76 Å². The van der Waals surface area contributed by atoms with Gasteiger partial charge in [-0.3, -0.25) is 9.69 Å². The number of sulfonamides is 1. The van der Waals surface area contributed by atoms with Gasteiger partial charge in [0.05, 0.1) is 36.4 Å². The number of unbranched alkanes of at least 4 members (excludes halogenated alkanes) is 1. The van der Waals surface area contributed by atoms with Crippen molar-refractivity contribution >= 4 is 49.2 Å². The molecule has 2 aromatic heterocycles. The summed E-state index contributed by atoms with van der Waals surface area (Å²) in [5, 5.41) is 11.1. The molecule has 12 heteroatoms. The Morgan fingerprint density at radius 1 is 0.885 bits per heavy atom. The highest BCUT2D eigenvalue weighted by Crippen LogP contribution is 2.32. The van der Waals surface area contributed by atoms with Crippen LogP contribution in [0.15, 0.2) is 107 Å². The van der Waals surface area contributed by atoms with E-state index in [0.29, 0.717) is 28.0 Å². The van der Waals surface area contributed by atoms with Gasteiger partial charge in [-0.05, 0) is 122 Å². The topological polar surface area (TPSA) is 132 Å². The molecule has 1 aliphatic heterocycles. The van der Waals surface area contributed by atoms with Gasteiger partial charge in [0.25, 0.3) is 10.0 Å². The van der Waals surface area contributed by atoms with Crippen molar-refractivity contribution < 1.29 is 27.1 Å². The number of nitrogens with zero attached hydrogens (tertiary/aromatic N) is 4. The number of furan rings is 1. The number of ether oxygens (including phenoxy) is 2. The van der Waals surface area contributed by atoms with Crippen molar-refractivity contribution in [3.8, 4) is 17.6 Å². The first-order valence-corrected chi connectivity index (χ1v) is 18.6. The van der Waals surface area contributed by atoms with Gasteiger partial charge < -0.3 is 23.8 Å². The summed E-state index contributed by atoms with van der Waals surface area (Å²) < 4.78 is 45.1. The summed E-state index contributed by atoms with van der Waals surface area (Å²) in [6, 6.07) is 27.5. The van der Waals surface area contributed by atoms with E-state index in [2.05, 4.69) is 27.0 Å². The number of methoxy groups -OCH3 is 2. The SMILES string of the molecule is COc1ccc(N(C(=O)c2cc3cc(N4CCN(CCCCc5c[nH]c6ccc(C#N)cc56)CC4)ccc3o2)S(=O)(=O)c2ccc(OC)cc2)cc1. The molecule has 1 aliphatic rings. The van der Waals surface area contributed by atoms with Gasteiger partial charge in [-0.2, -0.15) is 9.57 Å². The Bertz CT molecular complexity index is 2350. The van der Waals surface area contributed by atoms with Crippen LogP contribution in [-0.4, -0.2) is 71.2 Å². The lowest BCUT2D eigenvalue weighted by molar-refractivity contribution is 0.0981. The van der Waals surface area contributed by atoms with Crippen molar-refractivity contribution in [3.05, 3.63) is 114 Å². The van der Waals surface area contributed by atoms with E-state index in [-0.39, 0.29) is 16.3 Å². The summed E-state index contributed by atoms with van der Waals surface area (Å²) in [4.78, 5) is 22.1. The van der Waals surface area contributed by atoms with Crippen LogP contribution in [0, 0.1) is 11.3 Å². The van der Waals surface area contributed by atoms with Crippen LogP contribution in [0.4, 0.5) is 11.4 Å². The Labute approximate surface area is 302 Å². The lowest BCUT2D eigenvalue weighted by Crippen LogP contribution is -2.46. The van der Waals surface area contributed by atoms with Crippen LogP contribution in [0.5, 0.6) is 11.5 Å². The molecule has 0 atom stereocenters. The molecule has 0 aliphatic carbocycles. The third-order valence-electron chi connectivity index (χ3n) is 9.60. The number of rotatable bonds is 12. The average molecular weight is 718 g/mol. The first kappa shape index (κ1) is 34.7. The minimum absolute atomic E-state index is 0.0700. The van der Waals surface area contributed by atoms with Gasteiger partial charge >= 0.3 is 5.91 Å². The van der Waals surface area contributed by atoms with Gasteiger partial charge in [-0.15, -0.1) is 0 Å². The molecule has 6 aromatic rings. The van der Waals surface area contributed by atoms with E-state index in [4.69, 9.17) is 13.9 Å². The second-order valence-corrected chi connectivity index (χ2v) is 14.5. The highest BCUT2D eigenvalue weighted by molar-refractivity contribution is 7.93. The molecule has 3 heterocycles. The van der Waals surface area contributed by atoms with Gasteiger partial charge in [-0.25, -0.2) is 8.42 Å². The lowest BCUT2D eigenvalue weighted by atomic mass is 10.1. The third kappa shape index (κ3) is 7.06. The standard InChI is InChI=1S/C40H39N5O6S/c1-49-33-10-7-31(8-11-33)45(52(47,48)35-14-12-34(50-2)13-15-35)40(46)39-25-30-24-32(9-17-38(30)51-39)44-21-19-43(20-22-44)18-4-3-5-29-27-42-37-16-6-28(26-41)23-36(29)37/h6-17,23-25,27,42H,3-5,18-22H2,1-2H3. The van der Waals surface area contributed by atoms with E-state index in [1.54, 1.807) is 18.2 Å². The molecule has 11 nitrogen and oxygen atoms in total. The van der Waals surface area contributed by atoms with Gasteiger partial charge in [0.1, 0.15) is 17.1 Å². The second-order valence-electron chi connectivity index (χ2n) is 12.8. The van der Waals surface area contributed by atoms with Gasteiger partial charge in [0, 0.05) is 54.4 Å². The summed E-state index contributed by atoms with van der Waals surface area (Å²) in [6.45, 7) is 4.62. The Balaban J connectivity index is 1.01. The molecule has 0 saturated carbocycles. The number of nitriles is 1. The molecule has 266 valence electrons. The summed E-state index contributed by atoms with van der Waals surface area (Å²) in [5.41, 5.74) is 4.65. The molecule has 1 fully saturated rings. The zero-order valence-corrected chi connectivity index (χ0v) is 29.9. The van der Waals surface area contributed by atoms with E-state index in [1.165, 1.54) is 56.2 Å². The number of anilines is 2. The predicted molar refractivity (Wildman–Crippen MR) is 201 cm³/mol. The largest absolute Gasteiger partial charge is 0.497 e. The zero-order chi connectivity index (χ0) is 36.2. The molecule has 0 radical (unpaired) electrons. The number of piperazine rings is 1.